The summed E-state index contributed by atoms with van der Waals surface area (Å²) in [6, 6.07) is 3.33. The molecule has 0 bridgehead atoms. The van der Waals surface area contributed by atoms with E-state index in [0.29, 0.717) is 18.4 Å². The van der Waals surface area contributed by atoms with Gasteiger partial charge in [-0.15, -0.1) is 0 Å². The number of nitrogens with two attached hydrogens (primary N) is 1. The van der Waals surface area contributed by atoms with E-state index in [9.17, 15) is 19.2 Å². The van der Waals surface area contributed by atoms with Crippen LogP contribution in [0.2, 0.25) is 0 Å². The third kappa shape index (κ3) is 12.8. The summed E-state index contributed by atoms with van der Waals surface area (Å²) in [5.41, 5.74) is 6.50. The van der Waals surface area contributed by atoms with E-state index in [1.165, 1.54) is 12.1 Å². The maximum absolute atomic E-state index is 12.3. The maximum Gasteiger partial charge on any atom is 0.514 e. The van der Waals surface area contributed by atoms with E-state index >= 15 is 0 Å². The van der Waals surface area contributed by atoms with E-state index in [1.54, 1.807) is 33.8 Å². The summed E-state index contributed by atoms with van der Waals surface area (Å²) < 4.78 is 31.2. The largest absolute Gasteiger partial charge is 0.514 e. The van der Waals surface area contributed by atoms with Gasteiger partial charge in [0.1, 0.15) is 31.0 Å². The van der Waals surface area contributed by atoms with Crippen molar-refractivity contribution in [1.29, 1.82) is 0 Å². The van der Waals surface area contributed by atoms with Crippen molar-refractivity contribution in [2.24, 2.45) is 5.73 Å². The molecule has 0 radical (unpaired) electrons. The van der Waals surface area contributed by atoms with E-state index < -0.39 is 36.4 Å². The molecular formula is C27H41NO10. The highest BCUT2D eigenvalue weighted by Gasteiger charge is 2.22. The molecule has 0 saturated heterocycles. The van der Waals surface area contributed by atoms with Crippen molar-refractivity contribution < 1.29 is 47.6 Å². The highest BCUT2D eigenvalue weighted by atomic mass is 16.7. The van der Waals surface area contributed by atoms with Gasteiger partial charge in [-0.25, -0.2) is 9.59 Å². The summed E-state index contributed by atoms with van der Waals surface area (Å²) >= 11 is 0. The van der Waals surface area contributed by atoms with E-state index in [2.05, 4.69) is 0 Å². The monoisotopic (exact) mass is 539 g/mol. The lowest BCUT2D eigenvalue weighted by atomic mass is 10.1. The van der Waals surface area contributed by atoms with Gasteiger partial charge in [0, 0.05) is 6.42 Å². The smallest absolute Gasteiger partial charge is 0.461 e. The molecule has 1 aromatic carbocycles. The minimum atomic E-state index is -1.06. The number of esters is 2. The molecule has 2 unspecified atom stereocenters. The number of carbonyl (C=O) groups excluding carboxylic acids is 4. The molecule has 0 aliphatic heterocycles. The first-order valence-corrected chi connectivity index (χ1v) is 13.0. The lowest BCUT2D eigenvalue weighted by Crippen LogP contribution is -2.36. The highest BCUT2D eigenvalue weighted by molar-refractivity contribution is 5.76. The third-order valence-corrected chi connectivity index (χ3v) is 5.22. The number of ether oxygens (including phenoxy) is 6. The summed E-state index contributed by atoms with van der Waals surface area (Å²) in [6.07, 6.45) is -0.0835. The van der Waals surface area contributed by atoms with Gasteiger partial charge in [0.2, 0.25) is 0 Å². The number of hydrogen-bond acceptors (Lipinski definition) is 11. The molecule has 0 aliphatic carbocycles. The maximum atomic E-state index is 12.3. The van der Waals surface area contributed by atoms with Crippen LogP contribution in [0.1, 0.15) is 79.2 Å². The predicted molar refractivity (Wildman–Crippen MR) is 138 cm³/mol. The molecule has 38 heavy (non-hydrogen) atoms. The summed E-state index contributed by atoms with van der Waals surface area (Å²) in [7, 11) is 0. The Kier molecular flexibility index (Phi) is 14.8. The van der Waals surface area contributed by atoms with Crippen LogP contribution in [0.5, 0.6) is 11.5 Å². The topological polar surface area (TPSA) is 150 Å². The van der Waals surface area contributed by atoms with E-state index in [0.717, 1.165) is 12.8 Å². The highest BCUT2D eigenvalue weighted by Crippen LogP contribution is 2.30. The first-order valence-electron chi connectivity index (χ1n) is 13.0. The zero-order valence-corrected chi connectivity index (χ0v) is 23.2. The Hall–Kier alpha value is -3.34. The molecule has 1 aromatic rings. The summed E-state index contributed by atoms with van der Waals surface area (Å²) in [6.45, 7) is 10.5. The molecule has 11 nitrogen and oxygen atoms in total. The van der Waals surface area contributed by atoms with Gasteiger partial charge in [0.05, 0.1) is 0 Å². The number of carbonyl (C=O) groups is 4. The van der Waals surface area contributed by atoms with Gasteiger partial charge < -0.3 is 34.2 Å². The van der Waals surface area contributed by atoms with Crippen molar-refractivity contribution >= 4 is 24.2 Å². The van der Waals surface area contributed by atoms with Crippen LogP contribution in [0.15, 0.2) is 18.2 Å². The zero-order valence-electron chi connectivity index (χ0n) is 23.2. The average molecular weight is 540 g/mol. The SMILES string of the molecule is CCCC(C)OC(=O)Oc1ccc(C[C@H](N)C(=O)OC[C@H](C)OC(=O)CC)cc1OC(=O)OC(C)CCC. The molecule has 0 spiro atoms. The van der Waals surface area contributed by atoms with E-state index in [-0.39, 0.29) is 43.2 Å². The van der Waals surface area contributed by atoms with Gasteiger partial charge in [-0.05, 0) is 57.7 Å². The molecule has 0 aromatic heterocycles. The predicted octanol–water partition coefficient (Wildman–Crippen LogP) is 4.85. The van der Waals surface area contributed by atoms with Crippen LogP contribution in [-0.2, 0) is 35.0 Å². The van der Waals surface area contributed by atoms with Crippen LogP contribution >= 0.6 is 0 Å². The lowest BCUT2D eigenvalue weighted by molar-refractivity contribution is -0.158. The summed E-state index contributed by atoms with van der Waals surface area (Å²) in [5.74, 6) is -1.27. The Morgan fingerprint density at radius 3 is 1.87 bits per heavy atom. The molecule has 11 heteroatoms. The van der Waals surface area contributed by atoms with Crippen molar-refractivity contribution in [1.82, 2.24) is 0 Å². The van der Waals surface area contributed by atoms with Gasteiger partial charge in [0.25, 0.3) is 0 Å². The Balaban J connectivity index is 2.95. The van der Waals surface area contributed by atoms with E-state index in [1.807, 2.05) is 13.8 Å². The molecular weight excluding hydrogens is 498 g/mol. The van der Waals surface area contributed by atoms with Crippen molar-refractivity contribution in [2.45, 2.75) is 104 Å². The molecule has 4 atom stereocenters. The molecule has 1 rings (SSSR count). The molecule has 0 heterocycles. The van der Waals surface area contributed by atoms with Gasteiger partial charge in [-0.2, -0.15) is 0 Å². The third-order valence-electron chi connectivity index (χ3n) is 5.22. The molecule has 0 aliphatic rings. The van der Waals surface area contributed by atoms with Gasteiger partial charge in [0.15, 0.2) is 11.5 Å². The first kappa shape index (κ1) is 32.7. The fourth-order valence-corrected chi connectivity index (χ4v) is 3.32. The molecule has 0 fully saturated rings. The average Bonchev–Trinajstić information content (AvgIpc) is 2.83. The van der Waals surface area contributed by atoms with Crippen molar-refractivity contribution in [3.8, 4) is 11.5 Å². The standard InChI is InChI=1S/C27H41NO10/c1-7-10-17(4)35-26(31)37-22-13-12-20(15-23(22)38-27(32)36-18(5)11-8-2)14-21(28)25(30)33-16-19(6)34-24(29)9-3/h12-13,15,17-19,21H,7-11,14,16,28H2,1-6H3/t17?,18?,19-,21-/m0/s1. The second-order valence-corrected chi connectivity index (χ2v) is 9.01. The van der Waals surface area contributed by atoms with E-state index in [4.69, 9.17) is 34.2 Å². The van der Waals surface area contributed by atoms with Crippen LogP contribution in [0.4, 0.5) is 9.59 Å². The van der Waals surface area contributed by atoms with Gasteiger partial charge in [-0.3, -0.25) is 9.59 Å². The van der Waals surface area contributed by atoms with Crippen molar-refractivity contribution in [3.63, 3.8) is 0 Å². The zero-order chi connectivity index (χ0) is 28.7. The van der Waals surface area contributed by atoms with Gasteiger partial charge in [-0.1, -0.05) is 39.7 Å². The number of benzene rings is 1. The number of hydrogen-bond donors (Lipinski definition) is 1. The van der Waals surface area contributed by atoms with Gasteiger partial charge >= 0.3 is 24.2 Å². The first-order chi connectivity index (χ1) is 18.0. The van der Waals surface area contributed by atoms with Crippen LogP contribution in [-0.4, -0.2) is 55.2 Å². The van der Waals surface area contributed by atoms with Crippen LogP contribution in [0.25, 0.3) is 0 Å². The van der Waals surface area contributed by atoms with Crippen LogP contribution in [0.3, 0.4) is 0 Å². The summed E-state index contributed by atoms with van der Waals surface area (Å²) in [4.78, 5) is 48.3. The normalized spacial score (nSPS) is 13.9. The van der Waals surface area contributed by atoms with Crippen LogP contribution in [0, 0.1) is 0 Å². The fraction of sp³-hybridized carbons (Fsp3) is 0.630. The Labute approximate surface area is 224 Å². The van der Waals surface area contributed by atoms with Crippen molar-refractivity contribution in [2.75, 3.05) is 6.61 Å². The Morgan fingerprint density at radius 1 is 0.789 bits per heavy atom. The fourth-order valence-electron chi connectivity index (χ4n) is 3.32. The van der Waals surface area contributed by atoms with Crippen molar-refractivity contribution in [3.05, 3.63) is 23.8 Å². The second-order valence-electron chi connectivity index (χ2n) is 9.01. The molecule has 2 N–H and O–H groups in total. The Morgan fingerprint density at radius 2 is 1.34 bits per heavy atom. The molecule has 0 saturated carbocycles. The minimum Gasteiger partial charge on any atom is -0.461 e. The molecule has 214 valence electrons. The Bertz CT molecular complexity index is 919. The number of rotatable bonds is 15. The van der Waals surface area contributed by atoms with Crippen LogP contribution < -0.4 is 15.2 Å². The lowest BCUT2D eigenvalue weighted by Gasteiger charge is -2.17. The quantitative estimate of drug-likeness (QED) is 0.185. The summed E-state index contributed by atoms with van der Waals surface area (Å²) in [5, 5.41) is 0. The second kappa shape index (κ2) is 17.2. The minimum absolute atomic E-state index is 0.0257. The molecule has 0 amide bonds.